The van der Waals surface area contributed by atoms with Gasteiger partial charge in [0.2, 0.25) is 0 Å². The van der Waals surface area contributed by atoms with Crippen LogP contribution in [0.4, 0.5) is 17.1 Å². The lowest BCUT2D eigenvalue weighted by Gasteiger charge is -2.26. The fourth-order valence-electron chi connectivity index (χ4n) is 7.26. The quantitative estimate of drug-likeness (QED) is 0.188. The summed E-state index contributed by atoms with van der Waals surface area (Å²) in [5.41, 5.74) is 8.53. The van der Waals surface area contributed by atoms with E-state index < -0.39 is 0 Å². The predicted molar refractivity (Wildman–Crippen MR) is 207 cm³/mol. The molecule has 4 nitrogen and oxygen atoms in total. The third-order valence-corrected chi connectivity index (χ3v) is 11.7. The van der Waals surface area contributed by atoms with Crippen molar-refractivity contribution in [1.82, 2.24) is 4.98 Å². The second-order valence-electron chi connectivity index (χ2n) is 12.3. The second-order valence-corrected chi connectivity index (χ2v) is 14.4. The number of hydrogen-bond donors (Lipinski definition) is 0. The van der Waals surface area contributed by atoms with Gasteiger partial charge in [-0.25, -0.2) is 4.98 Å². The van der Waals surface area contributed by atoms with Crippen LogP contribution in [0.2, 0.25) is 0 Å². The Morgan fingerprint density at radius 3 is 2.00 bits per heavy atom. The molecule has 0 bridgehead atoms. The van der Waals surface area contributed by atoms with E-state index in [4.69, 9.17) is 13.8 Å². The first-order valence-corrected chi connectivity index (χ1v) is 17.8. The van der Waals surface area contributed by atoms with Gasteiger partial charge in [-0.1, -0.05) is 91.0 Å². The zero-order chi connectivity index (χ0) is 32.1. The monoisotopic (exact) mass is 664 g/mol. The summed E-state index contributed by atoms with van der Waals surface area (Å²) in [7, 11) is 0. The number of thiazole rings is 1. The van der Waals surface area contributed by atoms with Crippen LogP contribution in [0.3, 0.4) is 0 Å². The fraction of sp³-hybridized carbons (Fsp3) is 0. The highest BCUT2D eigenvalue weighted by atomic mass is 32.1. The Hall–Kier alpha value is -5.95. The van der Waals surface area contributed by atoms with Gasteiger partial charge in [0.25, 0.3) is 0 Å². The van der Waals surface area contributed by atoms with Crippen LogP contribution in [0.5, 0.6) is 0 Å². The summed E-state index contributed by atoms with van der Waals surface area (Å²) < 4.78 is 16.5. The first kappa shape index (κ1) is 27.0. The molecule has 0 aliphatic carbocycles. The summed E-state index contributed by atoms with van der Waals surface area (Å²) in [5, 5.41) is 7.89. The first-order valence-electron chi connectivity index (χ1n) is 16.2. The molecule has 11 rings (SSSR count). The van der Waals surface area contributed by atoms with Gasteiger partial charge in [-0.05, 0) is 48.5 Å². The topological polar surface area (TPSA) is 42.4 Å². The van der Waals surface area contributed by atoms with E-state index in [-0.39, 0.29) is 0 Å². The Kier molecular flexibility index (Phi) is 5.67. The molecule has 0 saturated heterocycles. The van der Waals surface area contributed by atoms with Gasteiger partial charge in [0.05, 0.1) is 10.4 Å². The summed E-state index contributed by atoms with van der Waals surface area (Å²) >= 11 is 3.55. The fourth-order valence-corrected chi connectivity index (χ4v) is 9.55. The minimum absolute atomic E-state index is 0.842. The Morgan fingerprint density at radius 1 is 0.469 bits per heavy atom. The Labute approximate surface area is 287 Å². The highest BCUT2D eigenvalue weighted by molar-refractivity contribution is 7.25. The number of para-hydroxylation sites is 2. The molecule has 0 N–H and O–H groups in total. The lowest BCUT2D eigenvalue weighted by atomic mass is 10.1. The van der Waals surface area contributed by atoms with Crippen LogP contribution >= 0.6 is 22.7 Å². The standard InChI is InChI=1S/C43H24N2O2S2/c1-2-10-25(11-3-1)43-44-41-33(24-37-40(42(41)49-43)31-14-5-8-16-35(31)47-37)45(26-19-21-36-32(22-26)28-12-4-7-15-34(28)46-36)27-18-20-30-29-13-6-9-17-38(29)48-39(30)23-27/h1-24H. The number of fused-ring (bicyclic) bond motifs is 11. The van der Waals surface area contributed by atoms with Gasteiger partial charge >= 0.3 is 0 Å². The molecule has 0 fully saturated rings. The van der Waals surface area contributed by atoms with E-state index >= 15 is 0 Å². The van der Waals surface area contributed by atoms with Gasteiger partial charge in [-0.2, -0.15) is 0 Å². The predicted octanol–water partition coefficient (Wildman–Crippen LogP) is 13.6. The zero-order valence-electron chi connectivity index (χ0n) is 25.9. The van der Waals surface area contributed by atoms with Gasteiger partial charge < -0.3 is 13.7 Å². The molecule has 4 heterocycles. The summed E-state index contributed by atoms with van der Waals surface area (Å²) in [6, 6.07) is 51.1. The molecule has 49 heavy (non-hydrogen) atoms. The average Bonchev–Trinajstić information content (AvgIpc) is 3.93. The SMILES string of the molecule is c1ccc(-c2nc3c(N(c4ccc5c(c4)sc4ccccc45)c4ccc5oc6ccccc6c5c4)cc4oc5ccccc5c4c3s2)cc1. The van der Waals surface area contributed by atoms with Crippen LogP contribution in [0, 0.1) is 0 Å². The van der Waals surface area contributed by atoms with Crippen LogP contribution < -0.4 is 4.90 Å². The normalized spacial score (nSPS) is 12.1. The van der Waals surface area contributed by atoms with E-state index in [1.165, 1.54) is 20.2 Å². The second kappa shape index (κ2) is 10.3. The molecule has 7 aromatic carbocycles. The molecule has 0 radical (unpaired) electrons. The van der Waals surface area contributed by atoms with E-state index in [1.54, 1.807) is 11.3 Å². The highest BCUT2D eigenvalue weighted by Crippen LogP contribution is 2.49. The molecule has 0 saturated carbocycles. The molecule has 0 unspecified atom stereocenters. The van der Waals surface area contributed by atoms with Crippen LogP contribution in [0.15, 0.2) is 154 Å². The van der Waals surface area contributed by atoms with Gasteiger partial charge in [-0.3, -0.25) is 0 Å². The van der Waals surface area contributed by atoms with Crippen molar-refractivity contribution in [2.75, 3.05) is 4.90 Å². The molecule has 0 amide bonds. The van der Waals surface area contributed by atoms with Crippen LogP contribution in [0.25, 0.3) is 84.8 Å². The van der Waals surface area contributed by atoms with Crippen molar-refractivity contribution in [3.05, 3.63) is 146 Å². The van der Waals surface area contributed by atoms with E-state index in [2.05, 4.69) is 120 Å². The third-order valence-electron chi connectivity index (χ3n) is 9.49. The van der Waals surface area contributed by atoms with E-state index in [0.29, 0.717) is 0 Å². The van der Waals surface area contributed by atoms with E-state index in [1.807, 2.05) is 41.7 Å². The van der Waals surface area contributed by atoms with E-state index in [0.717, 1.165) is 81.7 Å². The summed E-state index contributed by atoms with van der Waals surface area (Å²) in [4.78, 5) is 7.75. The molecule has 230 valence electrons. The molecule has 0 aliphatic heterocycles. The Balaban J connectivity index is 1.25. The van der Waals surface area contributed by atoms with E-state index in [9.17, 15) is 0 Å². The maximum Gasteiger partial charge on any atom is 0.139 e. The number of thiophene rings is 1. The maximum atomic E-state index is 6.60. The van der Waals surface area contributed by atoms with Crippen molar-refractivity contribution in [3.63, 3.8) is 0 Å². The largest absolute Gasteiger partial charge is 0.456 e. The van der Waals surface area contributed by atoms with Gasteiger partial charge in [-0.15, -0.1) is 22.7 Å². The van der Waals surface area contributed by atoms with Gasteiger partial charge in [0.15, 0.2) is 0 Å². The van der Waals surface area contributed by atoms with Crippen molar-refractivity contribution in [2.45, 2.75) is 0 Å². The minimum atomic E-state index is 0.842. The molecule has 11 aromatic rings. The van der Waals surface area contributed by atoms with Crippen LogP contribution in [-0.4, -0.2) is 4.98 Å². The molecule has 0 aliphatic rings. The minimum Gasteiger partial charge on any atom is -0.456 e. The highest BCUT2D eigenvalue weighted by Gasteiger charge is 2.25. The van der Waals surface area contributed by atoms with Crippen LogP contribution in [-0.2, 0) is 0 Å². The summed E-state index contributed by atoms with van der Waals surface area (Å²) in [6.07, 6.45) is 0. The van der Waals surface area contributed by atoms with Crippen molar-refractivity contribution in [3.8, 4) is 10.6 Å². The zero-order valence-corrected chi connectivity index (χ0v) is 27.5. The maximum absolute atomic E-state index is 6.60. The van der Waals surface area contributed by atoms with Crippen molar-refractivity contribution < 1.29 is 8.83 Å². The molecule has 4 aromatic heterocycles. The van der Waals surface area contributed by atoms with Crippen molar-refractivity contribution >= 4 is 114 Å². The Morgan fingerprint density at radius 2 is 1.12 bits per heavy atom. The summed E-state index contributed by atoms with van der Waals surface area (Å²) in [6.45, 7) is 0. The number of anilines is 3. The smallest absolute Gasteiger partial charge is 0.139 e. The van der Waals surface area contributed by atoms with Gasteiger partial charge in [0, 0.05) is 64.7 Å². The van der Waals surface area contributed by atoms with Crippen molar-refractivity contribution in [2.24, 2.45) is 0 Å². The number of aromatic nitrogens is 1. The van der Waals surface area contributed by atoms with Crippen LogP contribution in [0.1, 0.15) is 0 Å². The Bertz CT molecular complexity index is 3080. The van der Waals surface area contributed by atoms with Gasteiger partial charge in [0.1, 0.15) is 32.9 Å². The molecular weight excluding hydrogens is 641 g/mol. The molecule has 6 heteroatoms. The molecular formula is C43H24N2O2S2. The van der Waals surface area contributed by atoms with Crippen molar-refractivity contribution in [1.29, 1.82) is 0 Å². The lowest BCUT2D eigenvalue weighted by Crippen LogP contribution is -2.10. The first-order chi connectivity index (χ1) is 24.3. The third kappa shape index (κ3) is 4.05. The number of furan rings is 2. The molecule has 0 spiro atoms. The number of rotatable bonds is 4. The number of nitrogens with zero attached hydrogens (tertiary/aromatic N) is 2. The number of benzene rings is 7. The molecule has 0 atom stereocenters. The summed E-state index contributed by atoms with van der Waals surface area (Å²) in [5.74, 6) is 0. The lowest BCUT2D eigenvalue weighted by molar-refractivity contribution is 0.668. The number of hydrogen-bond acceptors (Lipinski definition) is 6. The average molecular weight is 665 g/mol.